The van der Waals surface area contributed by atoms with E-state index in [1.54, 1.807) is 0 Å². The molecule has 6 nitrogen and oxygen atoms in total. The molecular formula is C11H16O6. The standard InChI is InChI=1S/C11H16O6/c1-16-11(17-2)3-10(8(4-12)5-13)9(6-14)7-15/h4-11H,3H2,1-2H3. The van der Waals surface area contributed by atoms with Gasteiger partial charge in [0.15, 0.2) is 6.29 Å². The van der Waals surface area contributed by atoms with Crippen molar-refractivity contribution in [3.05, 3.63) is 0 Å². The van der Waals surface area contributed by atoms with Crippen LogP contribution in [0.5, 0.6) is 0 Å². The number of methoxy groups -OCH3 is 2. The Balaban J connectivity index is 4.93. The Labute approximate surface area is 99.3 Å². The predicted octanol–water partition coefficient (Wildman–Crippen LogP) is -0.360. The minimum Gasteiger partial charge on any atom is -0.356 e. The van der Waals surface area contributed by atoms with Crippen molar-refractivity contribution < 1.29 is 28.7 Å². The number of rotatable bonds is 10. The largest absolute Gasteiger partial charge is 0.356 e. The molecule has 0 aliphatic carbocycles. The van der Waals surface area contributed by atoms with Gasteiger partial charge in [-0.2, -0.15) is 0 Å². The summed E-state index contributed by atoms with van der Waals surface area (Å²) in [6.07, 6.45) is 1.10. The van der Waals surface area contributed by atoms with E-state index < -0.39 is 24.0 Å². The molecule has 0 N–H and O–H groups in total. The maximum atomic E-state index is 10.7. The molecular weight excluding hydrogens is 228 g/mol. The van der Waals surface area contributed by atoms with E-state index in [0.29, 0.717) is 25.1 Å². The maximum absolute atomic E-state index is 10.7. The van der Waals surface area contributed by atoms with Crippen LogP contribution < -0.4 is 0 Å². The third kappa shape index (κ3) is 4.54. The van der Waals surface area contributed by atoms with Crippen LogP contribution in [-0.4, -0.2) is 45.7 Å². The van der Waals surface area contributed by atoms with Gasteiger partial charge in [-0.3, -0.25) is 0 Å². The van der Waals surface area contributed by atoms with Crippen molar-refractivity contribution in [2.45, 2.75) is 12.7 Å². The molecule has 0 saturated carbocycles. The second-order valence-corrected chi connectivity index (χ2v) is 3.50. The Kier molecular flexibility index (Phi) is 8.00. The van der Waals surface area contributed by atoms with Crippen LogP contribution in [0.3, 0.4) is 0 Å². The number of hydrogen-bond acceptors (Lipinski definition) is 6. The topological polar surface area (TPSA) is 86.7 Å². The van der Waals surface area contributed by atoms with Crippen molar-refractivity contribution in [1.82, 2.24) is 0 Å². The number of aldehydes is 4. The van der Waals surface area contributed by atoms with Gasteiger partial charge in [-0.15, -0.1) is 0 Å². The zero-order valence-electron chi connectivity index (χ0n) is 9.78. The summed E-state index contributed by atoms with van der Waals surface area (Å²) in [7, 11) is 2.78. The first kappa shape index (κ1) is 15.6. The lowest BCUT2D eigenvalue weighted by atomic mass is 9.81. The highest BCUT2D eigenvalue weighted by molar-refractivity contribution is 5.83. The summed E-state index contributed by atoms with van der Waals surface area (Å²) >= 11 is 0. The monoisotopic (exact) mass is 244 g/mol. The van der Waals surface area contributed by atoms with Gasteiger partial charge in [-0.25, -0.2) is 0 Å². The van der Waals surface area contributed by atoms with Crippen molar-refractivity contribution in [3.63, 3.8) is 0 Å². The zero-order chi connectivity index (χ0) is 13.3. The van der Waals surface area contributed by atoms with E-state index in [9.17, 15) is 19.2 Å². The SMILES string of the molecule is COC(CC(C(C=O)C=O)C(C=O)C=O)OC. The summed E-state index contributed by atoms with van der Waals surface area (Å²) in [6.45, 7) is 0. The van der Waals surface area contributed by atoms with Crippen LogP contribution in [0, 0.1) is 17.8 Å². The van der Waals surface area contributed by atoms with Gasteiger partial charge in [-0.05, 0) is 5.92 Å². The van der Waals surface area contributed by atoms with Crippen LogP contribution in [0.4, 0.5) is 0 Å². The van der Waals surface area contributed by atoms with E-state index >= 15 is 0 Å². The third-order valence-electron chi connectivity index (χ3n) is 2.61. The van der Waals surface area contributed by atoms with E-state index in [1.807, 2.05) is 0 Å². The zero-order valence-corrected chi connectivity index (χ0v) is 9.78. The third-order valence-corrected chi connectivity index (χ3v) is 2.61. The van der Waals surface area contributed by atoms with Crippen molar-refractivity contribution in [2.24, 2.45) is 17.8 Å². The smallest absolute Gasteiger partial charge is 0.157 e. The Hall–Kier alpha value is -1.40. The lowest BCUT2D eigenvalue weighted by Crippen LogP contribution is -2.32. The molecule has 0 amide bonds. The molecule has 0 bridgehead atoms. The summed E-state index contributed by atoms with van der Waals surface area (Å²) in [5, 5.41) is 0. The summed E-state index contributed by atoms with van der Waals surface area (Å²) in [6, 6.07) is 0. The van der Waals surface area contributed by atoms with E-state index in [4.69, 9.17) is 9.47 Å². The first-order chi connectivity index (χ1) is 8.18. The van der Waals surface area contributed by atoms with Crippen molar-refractivity contribution in [2.75, 3.05) is 14.2 Å². The van der Waals surface area contributed by atoms with Crippen LogP contribution in [0.1, 0.15) is 6.42 Å². The molecule has 17 heavy (non-hydrogen) atoms. The quantitative estimate of drug-likeness (QED) is 0.296. The number of hydrogen-bond donors (Lipinski definition) is 0. The molecule has 0 radical (unpaired) electrons. The molecule has 0 spiro atoms. The fraction of sp³-hybridized carbons (Fsp3) is 0.636. The summed E-state index contributed by atoms with van der Waals surface area (Å²) in [5.74, 6) is -2.80. The van der Waals surface area contributed by atoms with Gasteiger partial charge in [0.1, 0.15) is 25.1 Å². The van der Waals surface area contributed by atoms with E-state index in [0.717, 1.165) is 0 Å². The number of carbonyl (C=O) groups excluding carboxylic acids is 4. The van der Waals surface area contributed by atoms with Crippen LogP contribution in [0.15, 0.2) is 0 Å². The van der Waals surface area contributed by atoms with Gasteiger partial charge in [0.2, 0.25) is 0 Å². The van der Waals surface area contributed by atoms with E-state index in [2.05, 4.69) is 0 Å². The predicted molar refractivity (Wildman–Crippen MR) is 57.1 cm³/mol. The van der Waals surface area contributed by atoms with Gasteiger partial charge in [0.05, 0.1) is 11.8 Å². The molecule has 0 aliphatic rings. The van der Waals surface area contributed by atoms with Crippen LogP contribution >= 0.6 is 0 Å². The Bertz CT molecular complexity index is 225. The lowest BCUT2D eigenvalue weighted by Gasteiger charge is -2.24. The molecule has 0 aromatic heterocycles. The highest BCUT2D eigenvalue weighted by Crippen LogP contribution is 2.23. The molecule has 0 fully saturated rings. The second-order valence-electron chi connectivity index (χ2n) is 3.50. The number of carbonyl (C=O) groups is 4. The first-order valence-corrected chi connectivity index (χ1v) is 5.05. The average molecular weight is 244 g/mol. The molecule has 0 heterocycles. The minimum absolute atomic E-state index is 0.108. The molecule has 0 aromatic carbocycles. The van der Waals surface area contributed by atoms with Crippen LogP contribution in [-0.2, 0) is 28.7 Å². The highest BCUT2D eigenvalue weighted by Gasteiger charge is 2.31. The van der Waals surface area contributed by atoms with Gasteiger partial charge in [0.25, 0.3) is 0 Å². The molecule has 0 rings (SSSR count). The molecule has 6 heteroatoms. The molecule has 0 atom stereocenters. The molecule has 0 saturated heterocycles. The van der Waals surface area contributed by atoms with Gasteiger partial charge >= 0.3 is 0 Å². The average Bonchev–Trinajstić information content (AvgIpc) is 2.37. The molecule has 0 aromatic rings. The fourth-order valence-corrected chi connectivity index (χ4v) is 1.55. The fourth-order valence-electron chi connectivity index (χ4n) is 1.55. The maximum Gasteiger partial charge on any atom is 0.157 e. The van der Waals surface area contributed by atoms with E-state index in [-0.39, 0.29) is 6.42 Å². The van der Waals surface area contributed by atoms with Crippen LogP contribution in [0.2, 0.25) is 0 Å². The Morgan fingerprint density at radius 1 is 0.824 bits per heavy atom. The lowest BCUT2D eigenvalue weighted by molar-refractivity contribution is -0.137. The molecule has 0 aliphatic heterocycles. The molecule has 0 unspecified atom stereocenters. The minimum atomic E-state index is -1.02. The second kappa shape index (κ2) is 8.72. The summed E-state index contributed by atoms with van der Waals surface area (Å²) in [4.78, 5) is 42.9. The highest BCUT2D eigenvalue weighted by atomic mass is 16.7. The Morgan fingerprint density at radius 2 is 1.18 bits per heavy atom. The Morgan fingerprint density at radius 3 is 1.41 bits per heavy atom. The van der Waals surface area contributed by atoms with Gasteiger partial charge in [0, 0.05) is 20.6 Å². The van der Waals surface area contributed by atoms with Crippen molar-refractivity contribution >= 4 is 25.1 Å². The first-order valence-electron chi connectivity index (χ1n) is 5.05. The number of ether oxygens (including phenoxy) is 2. The summed E-state index contributed by atoms with van der Waals surface area (Å²) in [5.41, 5.74) is 0. The normalized spacial score (nSPS) is 11.2. The van der Waals surface area contributed by atoms with Crippen molar-refractivity contribution in [3.8, 4) is 0 Å². The van der Waals surface area contributed by atoms with Gasteiger partial charge in [-0.1, -0.05) is 0 Å². The summed E-state index contributed by atoms with van der Waals surface area (Å²) < 4.78 is 9.84. The van der Waals surface area contributed by atoms with Crippen LogP contribution in [0.25, 0.3) is 0 Å². The van der Waals surface area contributed by atoms with Gasteiger partial charge < -0.3 is 28.7 Å². The van der Waals surface area contributed by atoms with Crippen molar-refractivity contribution in [1.29, 1.82) is 0 Å². The van der Waals surface area contributed by atoms with E-state index in [1.165, 1.54) is 14.2 Å². The molecule has 96 valence electrons.